The van der Waals surface area contributed by atoms with Crippen LogP contribution in [-0.2, 0) is 12.8 Å². The molecule has 1 aliphatic carbocycles. The van der Waals surface area contributed by atoms with Crippen LogP contribution in [0.5, 0.6) is 0 Å². The molecular weight excluding hydrogens is 368 g/mol. The Kier molecular flexibility index (Phi) is 7.26. The number of amides is 2. The molecular formula is C23H30N2O2S. The molecule has 0 bridgehead atoms. The van der Waals surface area contributed by atoms with Gasteiger partial charge in [-0.25, -0.2) is 0 Å². The highest BCUT2D eigenvalue weighted by Crippen LogP contribution is 2.38. The Morgan fingerprint density at radius 3 is 2.36 bits per heavy atom. The number of benzene rings is 1. The van der Waals surface area contributed by atoms with Crippen LogP contribution in [0.1, 0.15) is 77.1 Å². The lowest BCUT2D eigenvalue weighted by Crippen LogP contribution is -2.33. The van der Waals surface area contributed by atoms with Gasteiger partial charge in [-0.2, -0.15) is 0 Å². The van der Waals surface area contributed by atoms with E-state index in [1.807, 2.05) is 23.1 Å². The van der Waals surface area contributed by atoms with Crippen molar-refractivity contribution in [3.8, 4) is 0 Å². The smallest absolute Gasteiger partial charge is 0.257 e. The summed E-state index contributed by atoms with van der Waals surface area (Å²) < 4.78 is 0. The number of anilines is 1. The minimum atomic E-state index is -0.149. The van der Waals surface area contributed by atoms with Crippen LogP contribution in [0.2, 0.25) is 0 Å². The number of hydrogen-bond acceptors (Lipinski definition) is 3. The number of carbonyl (C=O) groups excluding carboxylic acids is 2. The molecule has 1 aromatic carbocycles. The van der Waals surface area contributed by atoms with Crippen LogP contribution in [0.15, 0.2) is 30.3 Å². The van der Waals surface area contributed by atoms with E-state index in [-0.39, 0.29) is 11.8 Å². The van der Waals surface area contributed by atoms with Gasteiger partial charge in [0, 0.05) is 23.5 Å². The largest absolute Gasteiger partial charge is 0.339 e. The number of thiophene rings is 1. The minimum absolute atomic E-state index is 0.0754. The van der Waals surface area contributed by atoms with Gasteiger partial charge in [0.15, 0.2) is 0 Å². The van der Waals surface area contributed by atoms with Gasteiger partial charge in [-0.15, -0.1) is 11.3 Å². The first kappa shape index (κ1) is 20.6. The average molecular weight is 399 g/mol. The molecule has 28 heavy (non-hydrogen) atoms. The van der Waals surface area contributed by atoms with Crippen molar-refractivity contribution in [3.63, 3.8) is 0 Å². The molecule has 1 aliphatic rings. The molecule has 0 spiro atoms. The topological polar surface area (TPSA) is 49.4 Å². The zero-order valence-corrected chi connectivity index (χ0v) is 17.7. The Balaban J connectivity index is 1.97. The fraction of sp³-hybridized carbons (Fsp3) is 0.478. The molecule has 150 valence electrons. The first-order chi connectivity index (χ1) is 13.7. The number of carbonyl (C=O) groups is 2. The molecule has 0 unspecified atom stereocenters. The van der Waals surface area contributed by atoms with Crippen LogP contribution in [0, 0.1) is 0 Å². The van der Waals surface area contributed by atoms with Crippen molar-refractivity contribution in [2.75, 3.05) is 18.4 Å². The summed E-state index contributed by atoms with van der Waals surface area (Å²) in [5.41, 5.74) is 2.53. The molecule has 1 aromatic heterocycles. The highest BCUT2D eigenvalue weighted by Gasteiger charge is 2.28. The molecule has 0 atom stereocenters. The lowest BCUT2D eigenvalue weighted by Gasteiger charge is -2.22. The molecule has 3 rings (SSSR count). The fourth-order valence-electron chi connectivity index (χ4n) is 3.83. The summed E-state index contributed by atoms with van der Waals surface area (Å²) in [5, 5.41) is 3.78. The van der Waals surface area contributed by atoms with Crippen LogP contribution >= 0.6 is 11.3 Å². The van der Waals surface area contributed by atoms with Crippen molar-refractivity contribution in [1.82, 2.24) is 4.90 Å². The SMILES string of the molecule is CCCN(CCC)C(=O)c1c(NC(=O)c2ccccc2)sc2c1CCCCC2. The molecule has 1 heterocycles. The molecule has 0 saturated carbocycles. The molecule has 0 fully saturated rings. The van der Waals surface area contributed by atoms with Crippen LogP contribution in [0.3, 0.4) is 0 Å². The van der Waals surface area contributed by atoms with Crippen molar-refractivity contribution in [3.05, 3.63) is 51.9 Å². The second kappa shape index (κ2) is 9.87. The van der Waals surface area contributed by atoms with Crippen molar-refractivity contribution < 1.29 is 9.59 Å². The number of rotatable bonds is 7. The average Bonchev–Trinajstić information content (AvgIpc) is 2.88. The Hall–Kier alpha value is -2.14. The van der Waals surface area contributed by atoms with E-state index in [1.165, 1.54) is 16.9 Å². The van der Waals surface area contributed by atoms with Crippen molar-refractivity contribution in [2.24, 2.45) is 0 Å². The summed E-state index contributed by atoms with van der Waals surface area (Å²) in [6.45, 7) is 5.71. The summed E-state index contributed by atoms with van der Waals surface area (Å²) in [5.74, 6) is -0.0740. The standard InChI is InChI=1S/C23H30N2O2S/c1-3-15-25(16-4-2)23(27)20-18-13-9-6-10-14-19(18)28-22(20)24-21(26)17-11-7-5-8-12-17/h5,7-8,11-12H,3-4,6,9-10,13-16H2,1-2H3,(H,24,26). The third-order valence-electron chi connectivity index (χ3n) is 5.17. The minimum Gasteiger partial charge on any atom is -0.339 e. The molecule has 5 heteroatoms. The summed E-state index contributed by atoms with van der Waals surface area (Å²) in [6.07, 6.45) is 7.27. The number of nitrogens with zero attached hydrogens (tertiary/aromatic N) is 1. The van der Waals surface area contributed by atoms with E-state index >= 15 is 0 Å². The number of fused-ring (bicyclic) bond motifs is 1. The lowest BCUT2D eigenvalue weighted by molar-refractivity contribution is 0.0756. The van der Waals surface area contributed by atoms with Crippen LogP contribution in [0.25, 0.3) is 0 Å². The van der Waals surface area contributed by atoms with Crippen molar-refractivity contribution in [1.29, 1.82) is 0 Å². The summed E-state index contributed by atoms with van der Waals surface area (Å²) >= 11 is 1.60. The van der Waals surface area contributed by atoms with Crippen LogP contribution < -0.4 is 5.32 Å². The molecule has 2 amide bonds. The van der Waals surface area contributed by atoms with Gasteiger partial charge in [-0.3, -0.25) is 9.59 Å². The van der Waals surface area contributed by atoms with Crippen LogP contribution in [-0.4, -0.2) is 29.8 Å². The van der Waals surface area contributed by atoms with E-state index in [2.05, 4.69) is 19.2 Å². The van der Waals surface area contributed by atoms with E-state index in [9.17, 15) is 9.59 Å². The van der Waals surface area contributed by atoms with Gasteiger partial charge in [0.1, 0.15) is 5.00 Å². The zero-order chi connectivity index (χ0) is 19.9. The van der Waals surface area contributed by atoms with E-state index in [0.29, 0.717) is 5.56 Å². The van der Waals surface area contributed by atoms with Crippen molar-refractivity contribution in [2.45, 2.75) is 58.8 Å². The molecule has 1 N–H and O–H groups in total. The van der Waals surface area contributed by atoms with Crippen LogP contribution in [0.4, 0.5) is 5.00 Å². The maximum atomic E-state index is 13.5. The predicted molar refractivity (Wildman–Crippen MR) is 116 cm³/mol. The molecule has 4 nitrogen and oxygen atoms in total. The zero-order valence-electron chi connectivity index (χ0n) is 16.9. The van der Waals surface area contributed by atoms with Gasteiger partial charge in [-0.05, 0) is 56.2 Å². The third kappa shape index (κ3) is 4.64. The van der Waals surface area contributed by atoms with Gasteiger partial charge in [0.25, 0.3) is 11.8 Å². The summed E-state index contributed by atoms with van der Waals surface area (Å²) in [6, 6.07) is 9.21. The summed E-state index contributed by atoms with van der Waals surface area (Å²) in [7, 11) is 0. The van der Waals surface area contributed by atoms with E-state index in [0.717, 1.165) is 62.2 Å². The number of hydrogen-bond donors (Lipinski definition) is 1. The van der Waals surface area contributed by atoms with E-state index < -0.39 is 0 Å². The third-order valence-corrected chi connectivity index (χ3v) is 6.38. The maximum absolute atomic E-state index is 13.5. The monoisotopic (exact) mass is 398 g/mol. The number of aryl methyl sites for hydroxylation is 1. The van der Waals surface area contributed by atoms with E-state index in [4.69, 9.17) is 0 Å². The van der Waals surface area contributed by atoms with Gasteiger partial charge in [0.05, 0.1) is 5.56 Å². The molecule has 0 radical (unpaired) electrons. The lowest BCUT2D eigenvalue weighted by atomic mass is 10.0. The fourth-order valence-corrected chi connectivity index (χ4v) is 5.11. The Morgan fingerprint density at radius 1 is 1.00 bits per heavy atom. The van der Waals surface area contributed by atoms with Gasteiger partial charge >= 0.3 is 0 Å². The quantitative estimate of drug-likeness (QED) is 0.623. The highest BCUT2D eigenvalue weighted by atomic mass is 32.1. The van der Waals surface area contributed by atoms with Crippen molar-refractivity contribution >= 4 is 28.2 Å². The molecule has 0 aliphatic heterocycles. The Labute approximate surface area is 172 Å². The maximum Gasteiger partial charge on any atom is 0.257 e. The first-order valence-electron chi connectivity index (χ1n) is 10.5. The molecule has 2 aromatic rings. The summed E-state index contributed by atoms with van der Waals surface area (Å²) in [4.78, 5) is 29.5. The second-order valence-corrected chi connectivity index (χ2v) is 8.49. The first-order valence-corrected chi connectivity index (χ1v) is 11.3. The molecule has 0 saturated heterocycles. The normalized spacial score (nSPS) is 13.5. The number of nitrogens with one attached hydrogen (secondary N) is 1. The van der Waals surface area contributed by atoms with Gasteiger partial charge < -0.3 is 10.2 Å². The van der Waals surface area contributed by atoms with E-state index in [1.54, 1.807) is 23.5 Å². The highest BCUT2D eigenvalue weighted by molar-refractivity contribution is 7.17. The Morgan fingerprint density at radius 2 is 1.68 bits per heavy atom. The van der Waals surface area contributed by atoms with Gasteiger partial charge in [0.2, 0.25) is 0 Å². The Bertz CT molecular complexity index is 808. The second-order valence-electron chi connectivity index (χ2n) is 7.38. The predicted octanol–water partition coefficient (Wildman–Crippen LogP) is 5.53. The van der Waals surface area contributed by atoms with Gasteiger partial charge in [-0.1, -0.05) is 38.5 Å².